The van der Waals surface area contributed by atoms with Gasteiger partial charge in [-0.25, -0.2) is 9.97 Å². The number of hydrogen-bond donors (Lipinski definition) is 1. The van der Waals surface area contributed by atoms with E-state index in [-0.39, 0.29) is 5.91 Å². The lowest BCUT2D eigenvalue weighted by atomic mass is 10.2. The highest BCUT2D eigenvalue weighted by Gasteiger charge is 2.19. The summed E-state index contributed by atoms with van der Waals surface area (Å²) in [6.07, 6.45) is 3.07. The van der Waals surface area contributed by atoms with E-state index in [0.717, 1.165) is 26.2 Å². The average molecular weight is 384 g/mol. The van der Waals surface area contributed by atoms with Gasteiger partial charge in [0.1, 0.15) is 0 Å². The zero-order chi connectivity index (χ0) is 20.1. The number of carbonyl (C=O) groups excluding carboxylic acids is 1. The molecule has 0 unspecified atom stereocenters. The Morgan fingerprint density at radius 3 is 2.31 bits per heavy atom. The van der Waals surface area contributed by atoms with E-state index in [1.807, 2.05) is 18.2 Å². The molecule has 0 radical (unpaired) electrons. The van der Waals surface area contributed by atoms with Crippen LogP contribution in [-0.4, -0.2) is 42.1 Å². The Morgan fingerprint density at radius 1 is 0.931 bits per heavy atom. The fraction of sp³-hybridized carbons (Fsp3) is 0.182. The molecule has 1 amide bonds. The second-order valence-electron chi connectivity index (χ2n) is 6.73. The number of piperazine rings is 1. The number of hydrogen-bond acceptors (Lipinski definition) is 6. The second-order valence-corrected chi connectivity index (χ2v) is 6.73. The van der Waals surface area contributed by atoms with Gasteiger partial charge in [0.25, 0.3) is 5.91 Å². The minimum atomic E-state index is -0.305. The summed E-state index contributed by atoms with van der Waals surface area (Å²) in [5.41, 5.74) is 2.65. The molecule has 0 aliphatic carbocycles. The van der Waals surface area contributed by atoms with Crippen molar-refractivity contribution >= 4 is 23.2 Å². The molecule has 29 heavy (non-hydrogen) atoms. The third-order valence-corrected chi connectivity index (χ3v) is 4.83. The lowest BCUT2D eigenvalue weighted by molar-refractivity contribution is 0.102. The standard InChI is InChI=1S/C22H20N6O/c23-14-17-5-4-6-19(13-17)26-21(29)18-15-24-22(25-16-18)28-11-9-27(10-12-28)20-7-2-1-3-8-20/h1-8,13,15-16H,9-12H2,(H,26,29). The molecule has 144 valence electrons. The van der Waals surface area contributed by atoms with Crippen LogP contribution in [0.3, 0.4) is 0 Å². The molecule has 0 bridgehead atoms. The molecule has 7 heteroatoms. The van der Waals surface area contributed by atoms with E-state index < -0.39 is 0 Å². The molecular weight excluding hydrogens is 364 g/mol. The Balaban J connectivity index is 1.37. The molecule has 1 aromatic heterocycles. The van der Waals surface area contributed by atoms with Crippen LogP contribution >= 0.6 is 0 Å². The van der Waals surface area contributed by atoms with E-state index in [1.54, 1.807) is 24.3 Å². The van der Waals surface area contributed by atoms with Crippen molar-refractivity contribution in [1.82, 2.24) is 9.97 Å². The van der Waals surface area contributed by atoms with Crippen LogP contribution in [0.15, 0.2) is 67.0 Å². The molecule has 0 atom stereocenters. The molecule has 7 nitrogen and oxygen atoms in total. The topological polar surface area (TPSA) is 85.1 Å². The molecule has 1 N–H and O–H groups in total. The highest BCUT2D eigenvalue weighted by Crippen LogP contribution is 2.18. The monoisotopic (exact) mass is 384 g/mol. The fourth-order valence-electron chi connectivity index (χ4n) is 3.27. The summed E-state index contributed by atoms with van der Waals surface area (Å²) in [4.78, 5) is 25.6. The van der Waals surface area contributed by atoms with E-state index in [4.69, 9.17) is 5.26 Å². The van der Waals surface area contributed by atoms with Crippen LogP contribution in [0, 0.1) is 11.3 Å². The van der Waals surface area contributed by atoms with Gasteiger partial charge in [-0.15, -0.1) is 0 Å². The number of para-hydroxylation sites is 1. The van der Waals surface area contributed by atoms with E-state index >= 15 is 0 Å². The normalized spacial score (nSPS) is 13.6. The van der Waals surface area contributed by atoms with E-state index in [1.165, 1.54) is 18.1 Å². The number of carbonyl (C=O) groups is 1. The maximum atomic E-state index is 12.4. The van der Waals surface area contributed by atoms with Gasteiger partial charge in [0.2, 0.25) is 5.95 Å². The fourth-order valence-corrected chi connectivity index (χ4v) is 3.27. The largest absolute Gasteiger partial charge is 0.368 e. The average Bonchev–Trinajstić information content (AvgIpc) is 2.80. The molecule has 1 fully saturated rings. The van der Waals surface area contributed by atoms with Gasteiger partial charge in [0.15, 0.2) is 0 Å². The van der Waals surface area contributed by atoms with Gasteiger partial charge < -0.3 is 15.1 Å². The number of anilines is 3. The highest BCUT2D eigenvalue weighted by molar-refractivity contribution is 6.03. The second kappa shape index (κ2) is 8.40. The highest BCUT2D eigenvalue weighted by atomic mass is 16.1. The zero-order valence-electron chi connectivity index (χ0n) is 15.8. The van der Waals surface area contributed by atoms with Gasteiger partial charge in [-0.3, -0.25) is 4.79 Å². The van der Waals surface area contributed by atoms with E-state index in [9.17, 15) is 4.79 Å². The van der Waals surface area contributed by atoms with Crippen molar-refractivity contribution in [2.24, 2.45) is 0 Å². The third-order valence-electron chi connectivity index (χ3n) is 4.83. The number of nitriles is 1. The molecule has 1 aliphatic rings. The van der Waals surface area contributed by atoms with E-state index in [2.05, 4.69) is 43.3 Å². The number of amides is 1. The molecule has 0 saturated carbocycles. The molecule has 0 spiro atoms. The van der Waals surface area contributed by atoms with Crippen LogP contribution in [-0.2, 0) is 0 Å². The van der Waals surface area contributed by atoms with E-state index in [0.29, 0.717) is 22.8 Å². The maximum absolute atomic E-state index is 12.4. The first-order valence-electron chi connectivity index (χ1n) is 9.41. The van der Waals surface area contributed by atoms with Crippen molar-refractivity contribution in [3.63, 3.8) is 0 Å². The van der Waals surface area contributed by atoms with Gasteiger partial charge >= 0.3 is 0 Å². The molecule has 2 heterocycles. The number of benzene rings is 2. The van der Waals surface area contributed by atoms with Crippen LogP contribution in [0.4, 0.5) is 17.3 Å². The molecule has 4 rings (SSSR count). The van der Waals surface area contributed by atoms with Gasteiger partial charge in [-0.1, -0.05) is 24.3 Å². The molecule has 3 aromatic rings. The lowest BCUT2D eigenvalue weighted by Crippen LogP contribution is -2.47. The van der Waals surface area contributed by atoms with Crippen LogP contribution in [0.5, 0.6) is 0 Å². The van der Waals surface area contributed by atoms with Crippen molar-refractivity contribution in [1.29, 1.82) is 5.26 Å². The van der Waals surface area contributed by atoms with Crippen LogP contribution < -0.4 is 15.1 Å². The first-order chi connectivity index (χ1) is 14.2. The minimum absolute atomic E-state index is 0.305. The first-order valence-corrected chi connectivity index (χ1v) is 9.41. The Hall–Kier alpha value is -3.92. The van der Waals surface area contributed by atoms with Crippen molar-refractivity contribution in [3.8, 4) is 6.07 Å². The predicted molar refractivity (Wildman–Crippen MR) is 112 cm³/mol. The molecule has 1 saturated heterocycles. The van der Waals surface area contributed by atoms with Crippen molar-refractivity contribution < 1.29 is 4.79 Å². The maximum Gasteiger partial charge on any atom is 0.258 e. The SMILES string of the molecule is N#Cc1cccc(NC(=O)c2cnc(N3CCN(c4ccccc4)CC3)nc2)c1. The Kier molecular flexibility index (Phi) is 5.34. The Bertz CT molecular complexity index is 1020. The lowest BCUT2D eigenvalue weighted by Gasteiger charge is -2.36. The summed E-state index contributed by atoms with van der Waals surface area (Å²) in [5.74, 6) is 0.321. The molecule has 1 aliphatic heterocycles. The van der Waals surface area contributed by atoms with Crippen molar-refractivity contribution in [2.45, 2.75) is 0 Å². The van der Waals surface area contributed by atoms with Crippen molar-refractivity contribution in [3.05, 3.63) is 78.1 Å². The molecular formula is C22H20N6O. The van der Waals surface area contributed by atoms with Crippen LogP contribution in [0.2, 0.25) is 0 Å². The number of nitrogens with one attached hydrogen (secondary N) is 1. The number of rotatable bonds is 4. The summed E-state index contributed by atoms with van der Waals surface area (Å²) < 4.78 is 0. The summed E-state index contributed by atoms with van der Waals surface area (Å²) in [6.45, 7) is 3.43. The van der Waals surface area contributed by atoms with Gasteiger partial charge in [0, 0.05) is 49.9 Å². The first kappa shape index (κ1) is 18.4. The molecule has 2 aromatic carbocycles. The summed E-state index contributed by atoms with van der Waals surface area (Å²) in [6, 6.07) is 19.2. The predicted octanol–water partition coefficient (Wildman–Crippen LogP) is 2.93. The van der Waals surface area contributed by atoms with Crippen LogP contribution in [0.25, 0.3) is 0 Å². The zero-order valence-corrected chi connectivity index (χ0v) is 15.8. The van der Waals surface area contributed by atoms with Crippen LogP contribution in [0.1, 0.15) is 15.9 Å². The Morgan fingerprint density at radius 2 is 1.62 bits per heavy atom. The van der Waals surface area contributed by atoms with Gasteiger partial charge in [-0.2, -0.15) is 5.26 Å². The van der Waals surface area contributed by atoms with Crippen molar-refractivity contribution in [2.75, 3.05) is 41.3 Å². The summed E-state index contributed by atoms with van der Waals surface area (Å²) >= 11 is 0. The smallest absolute Gasteiger partial charge is 0.258 e. The number of aromatic nitrogens is 2. The number of nitrogens with zero attached hydrogens (tertiary/aromatic N) is 5. The third kappa shape index (κ3) is 4.33. The quantitative estimate of drug-likeness (QED) is 0.744. The van der Waals surface area contributed by atoms with Gasteiger partial charge in [0.05, 0.1) is 17.2 Å². The minimum Gasteiger partial charge on any atom is -0.368 e. The Labute approximate surface area is 169 Å². The summed E-state index contributed by atoms with van der Waals surface area (Å²) in [5, 5.41) is 11.7. The summed E-state index contributed by atoms with van der Waals surface area (Å²) in [7, 11) is 0. The van der Waals surface area contributed by atoms with Gasteiger partial charge in [-0.05, 0) is 30.3 Å².